The first kappa shape index (κ1) is 12.3. The van der Waals surface area contributed by atoms with E-state index in [1.54, 1.807) is 0 Å². The lowest BCUT2D eigenvalue weighted by atomic mass is 9.83. The third kappa shape index (κ3) is 3.72. The fraction of sp³-hybridized carbons (Fsp3) is 1.00. The summed E-state index contributed by atoms with van der Waals surface area (Å²) in [5.74, 6) is 0. The molecule has 2 fully saturated rings. The number of ether oxygens (including phenoxy) is 2. The van der Waals surface area contributed by atoms with Gasteiger partial charge in [-0.1, -0.05) is 19.3 Å². The van der Waals surface area contributed by atoms with Gasteiger partial charge in [0.1, 0.15) is 0 Å². The van der Waals surface area contributed by atoms with Crippen LogP contribution in [0.4, 0.5) is 0 Å². The molecule has 2 N–H and O–H groups in total. The molecule has 1 saturated heterocycles. The first-order valence-electron chi connectivity index (χ1n) is 6.77. The molecule has 0 radical (unpaired) electrons. The highest BCUT2D eigenvalue weighted by molar-refractivity contribution is 4.87. The van der Waals surface area contributed by atoms with Crippen LogP contribution in [0.3, 0.4) is 0 Å². The van der Waals surface area contributed by atoms with Crippen molar-refractivity contribution in [1.82, 2.24) is 0 Å². The average Bonchev–Trinajstić information content (AvgIpc) is 2.31. The highest BCUT2D eigenvalue weighted by Gasteiger charge is 2.28. The van der Waals surface area contributed by atoms with Crippen LogP contribution in [0.25, 0.3) is 0 Å². The molecule has 2 rings (SSSR count). The third-order valence-electron chi connectivity index (χ3n) is 3.82. The van der Waals surface area contributed by atoms with Crippen molar-refractivity contribution in [3.63, 3.8) is 0 Å². The van der Waals surface area contributed by atoms with Gasteiger partial charge in [0.2, 0.25) is 0 Å². The van der Waals surface area contributed by atoms with Gasteiger partial charge in [-0.25, -0.2) is 0 Å². The van der Waals surface area contributed by atoms with Gasteiger partial charge in [0, 0.05) is 12.1 Å². The molecule has 1 aliphatic carbocycles. The van der Waals surface area contributed by atoms with Crippen molar-refractivity contribution >= 4 is 0 Å². The van der Waals surface area contributed by atoms with Gasteiger partial charge in [-0.3, -0.25) is 0 Å². The highest BCUT2D eigenvalue weighted by atomic mass is 16.5. The summed E-state index contributed by atoms with van der Waals surface area (Å²) in [5, 5.41) is 0. The van der Waals surface area contributed by atoms with Gasteiger partial charge < -0.3 is 15.2 Å². The Morgan fingerprint density at radius 1 is 1.12 bits per heavy atom. The highest BCUT2D eigenvalue weighted by Crippen LogP contribution is 2.26. The summed E-state index contributed by atoms with van der Waals surface area (Å²) < 4.78 is 11.4. The summed E-state index contributed by atoms with van der Waals surface area (Å²) in [6.45, 7) is 2.35. The average molecular weight is 227 g/mol. The van der Waals surface area contributed by atoms with Crippen molar-refractivity contribution in [1.29, 1.82) is 0 Å². The Morgan fingerprint density at radius 3 is 2.62 bits per heavy atom. The Kier molecular flexibility index (Phi) is 4.62. The Morgan fingerprint density at radius 2 is 1.94 bits per heavy atom. The molecule has 0 amide bonds. The van der Waals surface area contributed by atoms with E-state index in [1.165, 1.54) is 32.1 Å². The van der Waals surface area contributed by atoms with Crippen LogP contribution in [-0.4, -0.2) is 31.5 Å². The molecule has 1 heterocycles. The van der Waals surface area contributed by atoms with Crippen molar-refractivity contribution in [2.75, 3.05) is 19.8 Å². The number of nitrogens with two attached hydrogens (primary N) is 1. The minimum atomic E-state index is -0.0487. The maximum Gasteiger partial charge on any atom is 0.0808 e. The molecular weight excluding hydrogens is 202 g/mol. The Balaban J connectivity index is 1.62. The van der Waals surface area contributed by atoms with E-state index in [0.717, 1.165) is 32.5 Å². The first-order chi connectivity index (χ1) is 7.79. The summed E-state index contributed by atoms with van der Waals surface area (Å²) in [5.41, 5.74) is 6.26. The van der Waals surface area contributed by atoms with Crippen LogP contribution in [0.1, 0.15) is 51.4 Å². The second kappa shape index (κ2) is 5.99. The van der Waals surface area contributed by atoms with Gasteiger partial charge in [-0.2, -0.15) is 0 Å². The van der Waals surface area contributed by atoms with Crippen LogP contribution in [0.5, 0.6) is 0 Å². The molecule has 0 aromatic heterocycles. The van der Waals surface area contributed by atoms with Gasteiger partial charge >= 0.3 is 0 Å². The van der Waals surface area contributed by atoms with E-state index in [4.69, 9.17) is 15.2 Å². The van der Waals surface area contributed by atoms with Crippen LogP contribution in [-0.2, 0) is 9.47 Å². The summed E-state index contributed by atoms with van der Waals surface area (Å²) >= 11 is 0. The lowest BCUT2D eigenvalue weighted by Gasteiger charge is -2.33. The van der Waals surface area contributed by atoms with E-state index < -0.39 is 0 Å². The van der Waals surface area contributed by atoms with Crippen LogP contribution in [0.15, 0.2) is 0 Å². The molecule has 0 spiro atoms. The normalized spacial score (nSPS) is 30.2. The topological polar surface area (TPSA) is 44.5 Å². The standard InChI is InChI=1S/C13H25NO2/c14-13(7-3-1-4-8-13)11-15-10-12-6-2-5-9-16-12/h12H,1-11,14H2. The Labute approximate surface area is 98.7 Å². The second-order valence-electron chi connectivity index (χ2n) is 5.43. The van der Waals surface area contributed by atoms with E-state index >= 15 is 0 Å². The molecule has 0 aromatic carbocycles. The maximum atomic E-state index is 6.31. The number of rotatable bonds is 4. The van der Waals surface area contributed by atoms with Crippen molar-refractivity contribution < 1.29 is 9.47 Å². The minimum Gasteiger partial charge on any atom is -0.377 e. The molecule has 1 saturated carbocycles. The summed E-state index contributed by atoms with van der Waals surface area (Å²) in [7, 11) is 0. The number of hydrogen-bond acceptors (Lipinski definition) is 3. The smallest absolute Gasteiger partial charge is 0.0808 e. The molecule has 3 heteroatoms. The predicted molar refractivity (Wildman–Crippen MR) is 64.4 cm³/mol. The van der Waals surface area contributed by atoms with E-state index in [0.29, 0.717) is 12.7 Å². The van der Waals surface area contributed by atoms with Gasteiger partial charge in [-0.15, -0.1) is 0 Å². The van der Waals surface area contributed by atoms with E-state index in [9.17, 15) is 0 Å². The van der Waals surface area contributed by atoms with Crippen molar-refractivity contribution in [2.45, 2.75) is 63.0 Å². The van der Waals surface area contributed by atoms with Gasteiger partial charge in [0.15, 0.2) is 0 Å². The molecular formula is C13H25NO2. The lowest BCUT2D eigenvalue weighted by molar-refractivity contribution is -0.0518. The second-order valence-corrected chi connectivity index (χ2v) is 5.43. The first-order valence-corrected chi connectivity index (χ1v) is 6.77. The zero-order valence-electron chi connectivity index (χ0n) is 10.2. The minimum absolute atomic E-state index is 0.0487. The summed E-state index contributed by atoms with van der Waals surface area (Å²) in [6, 6.07) is 0. The zero-order valence-corrected chi connectivity index (χ0v) is 10.2. The van der Waals surface area contributed by atoms with Crippen molar-refractivity contribution in [3.8, 4) is 0 Å². The molecule has 2 aliphatic rings. The molecule has 1 aliphatic heterocycles. The zero-order chi connectivity index (χ0) is 11.3. The van der Waals surface area contributed by atoms with E-state index in [1.807, 2.05) is 0 Å². The maximum absolute atomic E-state index is 6.31. The van der Waals surface area contributed by atoms with E-state index in [2.05, 4.69) is 0 Å². The molecule has 0 aromatic rings. The van der Waals surface area contributed by atoms with Gasteiger partial charge in [0.25, 0.3) is 0 Å². The molecule has 0 bridgehead atoms. The SMILES string of the molecule is NC1(COCC2CCCCO2)CCCCC1. The van der Waals surface area contributed by atoms with Crippen LogP contribution in [0.2, 0.25) is 0 Å². The Bertz CT molecular complexity index is 196. The van der Waals surface area contributed by atoms with Gasteiger partial charge in [0.05, 0.1) is 19.3 Å². The number of hydrogen-bond donors (Lipinski definition) is 1. The van der Waals surface area contributed by atoms with Crippen LogP contribution >= 0.6 is 0 Å². The lowest BCUT2D eigenvalue weighted by Crippen LogP contribution is -2.46. The summed E-state index contributed by atoms with van der Waals surface area (Å²) in [4.78, 5) is 0. The van der Waals surface area contributed by atoms with Crippen molar-refractivity contribution in [2.24, 2.45) is 5.73 Å². The summed E-state index contributed by atoms with van der Waals surface area (Å²) in [6.07, 6.45) is 10.1. The Hall–Kier alpha value is -0.120. The fourth-order valence-electron chi connectivity index (χ4n) is 2.73. The molecule has 3 nitrogen and oxygen atoms in total. The quantitative estimate of drug-likeness (QED) is 0.801. The molecule has 94 valence electrons. The molecule has 16 heavy (non-hydrogen) atoms. The van der Waals surface area contributed by atoms with E-state index in [-0.39, 0.29) is 5.54 Å². The molecule has 1 unspecified atom stereocenters. The van der Waals surface area contributed by atoms with Crippen LogP contribution in [0, 0.1) is 0 Å². The molecule has 1 atom stereocenters. The van der Waals surface area contributed by atoms with Gasteiger partial charge in [-0.05, 0) is 32.1 Å². The van der Waals surface area contributed by atoms with Crippen molar-refractivity contribution in [3.05, 3.63) is 0 Å². The van der Waals surface area contributed by atoms with Crippen LogP contribution < -0.4 is 5.73 Å². The predicted octanol–water partition coefficient (Wildman–Crippen LogP) is 2.23. The fourth-order valence-corrected chi connectivity index (χ4v) is 2.73. The largest absolute Gasteiger partial charge is 0.377 e. The monoisotopic (exact) mass is 227 g/mol. The third-order valence-corrected chi connectivity index (χ3v) is 3.82.